The molecule has 3 radical (unpaired) electrons. The number of carbonyl (C=O) groups is 1. The molecule has 0 saturated heterocycles. The summed E-state index contributed by atoms with van der Waals surface area (Å²) in [5.74, 6) is 0. The molecule has 107 valence electrons. The predicted octanol–water partition coefficient (Wildman–Crippen LogP) is 3.41. The summed E-state index contributed by atoms with van der Waals surface area (Å²) in [5, 5.41) is 2.79. The minimum Gasteiger partial charge on any atom is -0.358 e. The van der Waals surface area contributed by atoms with Crippen molar-refractivity contribution in [3.05, 3.63) is 75.5 Å². The van der Waals surface area contributed by atoms with Crippen LogP contribution in [0.5, 0.6) is 0 Å². The average molecular weight is 527 g/mol. The summed E-state index contributed by atoms with van der Waals surface area (Å²) in [6, 6.07) is 21.2. The second kappa shape index (κ2) is 24.1. The first-order valence-corrected chi connectivity index (χ1v) is 6.13. The standard InChI is InChI=1S/C12H11P.C2H4O.2CH3.3Y/c1-3-7-11(8-4-1)13-12-9-5-2-6-10-12;1-2-3;;;;;/h1-10,13H;2H,1H3;2*1H3;;;/q;;2*-1;;;. The van der Waals surface area contributed by atoms with Crippen molar-refractivity contribution in [1.82, 2.24) is 0 Å². The van der Waals surface area contributed by atoms with E-state index in [-0.39, 0.29) is 113 Å². The number of benzene rings is 2. The molecular weight excluding hydrogens is 506 g/mol. The zero-order valence-electron chi connectivity index (χ0n) is 13.0. The van der Waals surface area contributed by atoms with Gasteiger partial charge in [-0.3, -0.25) is 0 Å². The molecular formula is C16H21OPY3-2. The zero-order valence-corrected chi connectivity index (χ0v) is 22.5. The quantitative estimate of drug-likeness (QED) is 0.333. The van der Waals surface area contributed by atoms with Gasteiger partial charge in [0.1, 0.15) is 6.29 Å². The smallest absolute Gasteiger partial charge is 0.116 e. The Morgan fingerprint density at radius 2 is 0.952 bits per heavy atom. The fourth-order valence-electron chi connectivity index (χ4n) is 1.21. The maximum absolute atomic E-state index is 8.81. The summed E-state index contributed by atoms with van der Waals surface area (Å²) >= 11 is 0. The fraction of sp³-hybridized carbons (Fsp3) is 0.0625. The summed E-state index contributed by atoms with van der Waals surface area (Å²) < 4.78 is 0. The number of carbonyl (C=O) groups excluding carboxylic acids is 1. The van der Waals surface area contributed by atoms with Crippen molar-refractivity contribution < 1.29 is 103 Å². The van der Waals surface area contributed by atoms with Gasteiger partial charge in [-0.2, -0.15) is 0 Å². The van der Waals surface area contributed by atoms with E-state index in [9.17, 15) is 0 Å². The second-order valence-electron chi connectivity index (χ2n) is 3.09. The Morgan fingerprint density at radius 1 is 0.714 bits per heavy atom. The van der Waals surface area contributed by atoms with E-state index in [0.717, 1.165) is 14.9 Å². The molecule has 0 amide bonds. The summed E-state index contributed by atoms with van der Waals surface area (Å²) in [6.45, 7) is 1.44. The Morgan fingerprint density at radius 3 is 1.19 bits per heavy atom. The normalized spacial score (nSPS) is 6.71. The molecule has 0 aliphatic heterocycles. The molecule has 0 aromatic heterocycles. The largest absolute Gasteiger partial charge is 0.358 e. The van der Waals surface area contributed by atoms with Crippen LogP contribution in [0.4, 0.5) is 0 Å². The molecule has 0 heterocycles. The third kappa shape index (κ3) is 18.0. The van der Waals surface area contributed by atoms with E-state index in [4.69, 9.17) is 4.79 Å². The molecule has 0 saturated carbocycles. The van der Waals surface area contributed by atoms with E-state index in [1.165, 1.54) is 17.5 Å². The van der Waals surface area contributed by atoms with Gasteiger partial charge in [-0.25, -0.2) is 0 Å². The SMILES string of the molecule is CC=O.[CH3-].[CH3-].[Y].[Y].[Y].c1ccc(Pc2ccccc2)cc1. The number of hydrogen-bond acceptors (Lipinski definition) is 1. The van der Waals surface area contributed by atoms with Crippen LogP contribution in [0.2, 0.25) is 0 Å². The summed E-state index contributed by atoms with van der Waals surface area (Å²) in [4.78, 5) is 8.81. The Hall–Kier alpha value is 1.85. The third-order valence-electron chi connectivity index (χ3n) is 1.84. The van der Waals surface area contributed by atoms with Crippen LogP contribution in [0.1, 0.15) is 6.92 Å². The van der Waals surface area contributed by atoms with Crippen LogP contribution in [0, 0.1) is 14.9 Å². The monoisotopic (exact) mass is 527 g/mol. The van der Waals surface area contributed by atoms with E-state index in [1.807, 2.05) is 0 Å². The average Bonchev–Trinajstić information content (AvgIpc) is 2.33. The molecule has 2 rings (SSSR count). The molecule has 2 aromatic rings. The Balaban J connectivity index is -0.0000000993. The van der Waals surface area contributed by atoms with Gasteiger partial charge in [0.25, 0.3) is 0 Å². The summed E-state index contributed by atoms with van der Waals surface area (Å²) in [7, 11) is 0.777. The van der Waals surface area contributed by atoms with E-state index >= 15 is 0 Å². The number of aldehydes is 1. The van der Waals surface area contributed by atoms with Crippen LogP contribution >= 0.6 is 8.58 Å². The van der Waals surface area contributed by atoms with E-state index < -0.39 is 0 Å². The number of rotatable bonds is 2. The molecule has 0 fully saturated rings. The molecule has 0 aliphatic rings. The molecule has 0 spiro atoms. The van der Waals surface area contributed by atoms with Gasteiger partial charge in [0, 0.05) is 98.1 Å². The molecule has 0 unspecified atom stereocenters. The van der Waals surface area contributed by atoms with Gasteiger partial charge in [0.2, 0.25) is 0 Å². The third-order valence-corrected chi connectivity index (χ3v) is 3.08. The van der Waals surface area contributed by atoms with Crippen LogP contribution in [-0.4, -0.2) is 6.29 Å². The Kier molecular flexibility index (Phi) is 39.3. The van der Waals surface area contributed by atoms with Gasteiger partial charge < -0.3 is 19.6 Å². The topological polar surface area (TPSA) is 17.1 Å². The summed E-state index contributed by atoms with van der Waals surface area (Å²) in [6.07, 6.45) is 0.750. The van der Waals surface area contributed by atoms with E-state index in [2.05, 4.69) is 60.7 Å². The van der Waals surface area contributed by atoms with Crippen molar-refractivity contribution in [3.8, 4) is 0 Å². The molecule has 21 heavy (non-hydrogen) atoms. The van der Waals surface area contributed by atoms with Crippen molar-refractivity contribution in [2.75, 3.05) is 0 Å². The Labute approximate surface area is 207 Å². The maximum Gasteiger partial charge on any atom is 0.116 e. The van der Waals surface area contributed by atoms with Gasteiger partial charge in [-0.1, -0.05) is 69.2 Å². The first-order valence-electron chi connectivity index (χ1n) is 5.13. The van der Waals surface area contributed by atoms with Crippen molar-refractivity contribution >= 4 is 25.5 Å². The molecule has 0 atom stereocenters. The second-order valence-corrected chi connectivity index (χ2v) is 4.50. The van der Waals surface area contributed by atoms with Crippen molar-refractivity contribution in [2.45, 2.75) is 6.92 Å². The molecule has 2 aromatic carbocycles. The zero-order chi connectivity index (χ0) is 11.6. The summed E-state index contributed by atoms with van der Waals surface area (Å²) in [5.41, 5.74) is 0. The van der Waals surface area contributed by atoms with Crippen molar-refractivity contribution in [2.24, 2.45) is 0 Å². The van der Waals surface area contributed by atoms with Gasteiger partial charge >= 0.3 is 0 Å². The van der Waals surface area contributed by atoms with E-state index in [1.54, 1.807) is 0 Å². The van der Waals surface area contributed by atoms with Crippen molar-refractivity contribution in [3.63, 3.8) is 0 Å². The van der Waals surface area contributed by atoms with Gasteiger partial charge in [0.05, 0.1) is 0 Å². The predicted molar refractivity (Wildman–Crippen MR) is 85.0 cm³/mol. The molecule has 0 N–H and O–H groups in total. The van der Waals surface area contributed by atoms with Crippen LogP contribution in [0.15, 0.2) is 60.7 Å². The molecule has 0 bridgehead atoms. The van der Waals surface area contributed by atoms with Crippen LogP contribution in [0.25, 0.3) is 0 Å². The van der Waals surface area contributed by atoms with Crippen LogP contribution in [0.3, 0.4) is 0 Å². The van der Waals surface area contributed by atoms with E-state index in [0.29, 0.717) is 0 Å². The molecule has 1 nitrogen and oxygen atoms in total. The minimum atomic E-state index is 0. The van der Waals surface area contributed by atoms with Gasteiger partial charge in [-0.15, -0.1) is 0 Å². The van der Waals surface area contributed by atoms with Crippen LogP contribution in [-0.2, 0) is 103 Å². The maximum atomic E-state index is 8.81. The van der Waals surface area contributed by atoms with Crippen LogP contribution < -0.4 is 10.6 Å². The molecule has 5 heteroatoms. The first-order chi connectivity index (χ1) is 7.86. The fourth-order valence-corrected chi connectivity index (χ4v) is 2.26. The Bertz CT molecular complexity index is 373. The van der Waals surface area contributed by atoms with Gasteiger partial charge in [0.15, 0.2) is 0 Å². The van der Waals surface area contributed by atoms with Gasteiger partial charge in [-0.05, 0) is 17.5 Å². The number of hydrogen-bond donors (Lipinski definition) is 0. The molecule has 0 aliphatic carbocycles. The van der Waals surface area contributed by atoms with Crippen molar-refractivity contribution in [1.29, 1.82) is 0 Å². The first kappa shape index (κ1) is 34.2. The minimum absolute atomic E-state index is 0.